The number of hydrogen-bond acceptors (Lipinski definition) is 6. The topological polar surface area (TPSA) is 94.2 Å². The Morgan fingerprint density at radius 2 is 1.43 bits per heavy atom. The van der Waals surface area contributed by atoms with Crippen LogP contribution in [0.25, 0.3) is 0 Å². The Hall–Kier alpha value is 0.0300. The van der Waals surface area contributed by atoms with E-state index < -0.39 is 30.4 Å². The molecule has 0 aromatic carbocycles. The van der Waals surface area contributed by atoms with Gasteiger partial charge in [-0.25, -0.2) is 0 Å². The molecule has 0 radical (unpaired) electrons. The number of nitrogens with two attached hydrogens (primary N) is 1. The highest BCUT2D eigenvalue weighted by molar-refractivity contribution is 9.09. The first-order chi connectivity index (χ1) is 12.9. The van der Waals surface area contributed by atoms with Crippen molar-refractivity contribution >= 4 is 15.9 Å². The molecule has 0 aliphatic carbocycles. The molecule has 0 fully saturated rings. The highest BCUT2D eigenvalue weighted by Gasteiger charge is 2.31. The Morgan fingerprint density at radius 3 is 1.86 bits per heavy atom. The minimum Gasteiger partial charge on any atom is -0.396 e. The Kier molecular flexibility index (Phi) is 18.1. The van der Waals surface area contributed by atoms with Crippen LogP contribution in [0.15, 0.2) is 0 Å². The lowest BCUT2D eigenvalue weighted by molar-refractivity contribution is -0.185. The smallest absolute Gasteiger partial charge is 0.396 e. The Bertz CT molecular complexity index is 359. The van der Waals surface area contributed by atoms with Gasteiger partial charge in [-0.3, -0.25) is 0 Å². The second-order valence-corrected chi connectivity index (χ2v) is 7.83. The molecule has 0 rings (SSSR count). The van der Waals surface area contributed by atoms with Crippen molar-refractivity contribution in [1.29, 1.82) is 0 Å². The number of ether oxygens (including phenoxy) is 3. The number of hydrogen-bond donors (Lipinski definition) is 3. The second-order valence-electron chi connectivity index (χ2n) is 7.37. The standard InChI is InChI=1S/C12H22BrF3O5.C6H15N/c1-10(3-17,5-20-8-12(14,15)16)4-19-6-11(2,18)7-21-9-13;1-2-3-4-5-6-7/h17-18H,3-9H2,1-2H3;2-7H2,1H3. The van der Waals surface area contributed by atoms with E-state index in [9.17, 15) is 23.4 Å². The molecule has 0 aromatic heterocycles. The molecule has 0 aromatic rings. The molecule has 4 N–H and O–H groups in total. The van der Waals surface area contributed by atoms with Crippen LogP contribution in [0, 0.1) is 5.41 Å². The molecule has 0 heterocycles. The molecule has 172 valence electrons. The third kappa shape index (κ3) is 20.8. The SMILES string of the molecule is CC(O)(COCBr)COCC(C)(CO)COCC(F)(F)F.CCCCCCN. The van der Waals surface area contributed by atoms with E-state index in [1.807, 2.05) is 0 Å². The van der Waals surface area contributed by atoms with Gasteiger partial charge in [0, 0.05) is 5.41 Å². The maximum atomic E-state index is 12.0. The molecule has 0 spiro atoms. The molecule has 0 amide bonds. The third-order valence-corrected chi connectivity index (χ3v) is 3.83. The summed E-state index contributed by atoms with van der Waals surface area (Å²) in [6, 6.07) is 0. The fourth-order valence-electron chi connectivity index (χ4n) is 1.93. The van der Waals surface area contributed by atoms with E-state index in [4.69, 9.17) is 15.2 Å². The molecular weight excluding hydrogens is 447 g/mol. The predicted octanol–water partition coefficient (Wildman–Crippen LogP) is 3.23. The summed E-state index contributed by atoms with van der Waals surface area (Å²) in [4.78, 5) is 0. The third-order valence-electron chi connectivity index (χ3n) is 3.51. The van der Waals surface area contributed by atoms with Crippen LogP contribution in [-0.4, -0.2) is 73.7 Å². The van der Waals surface area contributed by atoms with Gasteiger partial charge >= 0.3 is 6.18 Å². The minimum absolute atomic E-state index is 0.0403. The molecule has 0 saturated heterocycles. The van der Waals surface area contributed by atoms with Crippen LogP contribution in [0.4, 0.5) is 13.2 Å². The summed E-state index contributed by atoms with van der Waals surface area (Å²) in [6.45, 7) is 3.95. The molecule has 6 nitrogen and oxygen atoms in total. The van der Waals surface area contributed by atoms with Gasteiger partial charge in [0.2, 0.25) is 0 Å². The van der Waals surface area contributed by atoms with Crippen LogP contribution in [0.1, 0.15) is 46.5 Å². The maximum absolute atomic E-state index is 12.0. The number of alkyl halides is 4. The quantitative estimate of drug-likeness (QED) is 0.244. The number of unbranched alkanes of at least 4 members (excludes halogenated alkanes) is 3. The molecule has 0 aliphatic heterocycles. The summed E-state index contributed by atoms with van der Waals surface area (Å²) in [6.07, 6.45) is 0.756. The summed E-state index contributed by atoms with van der Waals surface area (Å²) in [5, 5.41) is 19.1. The van der Waals surface area contributed by atoms with Crippen molar-refractivity contribution in [3.8, 4) is 0 Å². The predicted molar refractivity (Wildman–Crippen MR) is 106 cm³/mol. The van der Waals surface area contributed by atoms with Gasteiger partial charge < -0.3 is 30.2 Å². The second kappa shape index (κ2) is 16.8. The minimum atomic E-state index is -4.41. The van der Waals surface area contributed by atoms with E-state index in [1.165, 1.54) is 39.5 Å². The van der Waals surface area contributed by atoms with Crippen molar-refractivity contribution in [2.45, 2.75) is 58.2 Å². The molecule has 0 bridgehead atoms. The number of aliphatic hydroxyl groups excluding tert-OH is 1. The van der Waals surface area contributed by atoms with Crippen LogP contribution < -0.4 is 5.73 Å². The average Bonchev–Trinajstić information content (AvgIpc) is 2.60. The zero-order valence-electron chi connectivity index (χ0n) is 17.2. The van der Waals surface area contributed by atoms with Gasteiger partial charge in [-0.1, -0.05) is 49.0 Å². The molecule has 0 saturated carbocycles. The summed E-state index contributed by atoms with van der Waals surface area (Å²) in [5.74, 6) is 0. The van der Waals surface area contributed by atoms with Crippen LogP contribution in [-0.2, 0) is 14.2 Å². The normalized spacial score (nSPS) is 16.1. The number of aliphatic hydroxyl groups is 2. The van der Waals surface area contributed by atoms with Crippen molar-refractivity contribution in [2.24, 2.45) is 11.1 Å². The zero-order chi connectivity index (χ0) is 22.1. The van der Waals surface area contributed by atoms with Crippen LogP contribution in [0.3, 0.4) is 0 Å². The maximum Gasteiger partial charge on any atom is 0.411 e. The van der Waals surface area contributed by atoms with Crippen molar-refractivity contribution in [3.05, 3.63) is 0 Å². The van der Waals surface area contributed by atoms with Crippen molar-refractivity contribution < 1.29 is 37.6 Å². The van der Waals surface area contributed by atoms with E-state index in [0.29, 0.717) is 0 Å². The van der Waals surface area contributed by atoms with Gasteiger partial charge in [0.05, 0.1) is 33.0 Å². The van der Waals surface area contributed by atoms with Gasteiger partial charge in [-0.15, -0.1) is 0 Å². The summed E-state index contributed by atoms with van der Waals surface area (Å²) in [5.41, 5.74) is 3.34. The molecule has 2 unspecified atom stereocenters. The van der Waals surface area contributed by atoms with Crippen molar-refractivity contribution in [2.75, 3.05) is 51.7 Å². The average molecular weight is 484 g/mol. The van der Waals surface area contributed by atoms with Crippen LogP contribution in [0.2, 0.25) is 0 Å². The monoisotopic (exact) mass is 483 g/mol. The number of rotatable bonds is 15. The van der Waals surface area contributed by atoms with Crippen LogP contribution >= 0.6 is 15.9 Å². The molecule has 0 aliphatic rings. The number of halogens is 4. The van der Waals surface area contributed by atoms with Crippen LogP contribution in [0.5, 0.6) is 0 Å². The van der Waals surface area contributed by atoms with Gasteiger partial charge in [0.15, 0.2) is 0 Å². The zero-order valence-corrected chi connectivity index (χ0v) is 18.8. The van der Waals surface area contributed by atoms with E-state index in [1.54, 1.807) is 0 Å². The Balaban J connectivity index is 0. The summed E-state index contributed by atoms with van der Waals surface area (Å²) >= 11 is 3.04. The van der Waals surface area contributed by atoms with Gasteiger partial charge in [0.25, 0.3) is 0 Å². The first-order valence-electron chi connectivity index (χ1n) is 9.34. The highest BCUT2D eigenvalue weighted by atomic mass is 79.9. The fourth-order valence-corrected chi connectivity index (χ4v) is 2.10. The summed E-state index contributed by atoms with van der Waals surface area (Å²) < 4.78 is 50.8. The molecule has 28 heavy (non-hydrogen) atoms. The van der Waals surface area contributed by atoms with Crippen molar-refractivity contribution in [3.63, 3.8) is 0 Å². The van der Waals surface area contributed by atoms with Gasteiger partial charge in [-0.05, 0) is 19.9 Å². The first-order valence-corrected chi connectivity index (χ1v) is 10.5. The van der Waals surface area contributed by atoms with E-state index in [2.05, 4.69) is 27.6 Å². The molecular formula is C18H37BrF3NO5. The van der Waals surface area contributed by atoms with E-state index in [-0.39, 0.29) is 31.9 Å². The first kappa shape index (κ1) is 30.2. The van der Waals surface area contributed by atoms with Crippen molar-refractivity contribution in [1.82, 2.24) is 0 Å². The largest absolute Gasteiger partial charge is 0.411 e. The highest BCUT2D eigenvalue weighted by Crippen LogP contribution is 2.21. The molecule has 10 heteroatoms. The summed E-state index contributed by atoms with van der Waals surface area (Å²) in [7, 11) is 0. The molecule has 2 atom stereocenters. The van der Waals surface area contributed by atoms with Gasteiger partial charge in [0.1, 0.15) is 17.7 Å². The van der Waals surface area contributed by atoms with Gasteiger partial charge in [-0.2, -0.15) is 13.2 Å². The van der Waals surface area contributed by atoms with E-state index in [0.717, 1.165) is 6.54 Å². The lowest BCUT2D eigenvalue weighted by atomic mass is 9.94. The van der Waals surface area contributed by atoms with E-state index >= 15 is 0 Å². The Morgan fingerprint density at radius 1 is 0.893 bits per heavy atom. The lowest BCUT2D eigenvalue weighted by Crippen LogP contribution is -2.40. The fraction of sp³-hybridized carbons (Fsp3) is 1.00. The lowest BCUT2D eigenvalue weighted by Gasteiger charge is -2.29. The Labute approximate surface area is 175 Å².